The van der Waals surface area contributed by atoms with Gasteiger partial charge in [-0.2, -0.15) is 0 Å². The number of nitrogens with zero attached hydrogens (tertiary/aromatic N) is 2. The highest BCUT2D eigenvalue weighted by molar-refractivity contribution is 5.77. The molecule has 0 radical (unpaired) electrons. The van der Waals surface area contributed by atoms with Gasteiger partial charge in [-0.1, -0.05) is 58.6 Å². The van der Waals surface area contributed by atoms with Crippen molar-refractivity contribution in [3.63, 3.8) is 0 Å². The standard InChI is InChI=1S/C14H29NO.C3H3N3O/c1-5-8-9-10-11-12(13(15)16)14(4,6-2)7-3;7-3-1-2-4-6-5-3/h12H,5-11H2,1-4H3,(H2,15,16);1-2H,(H,4,5,7). The molecule has 0 bridgehead atoms. The number of rotatable bonds is 9. The molecule has 1 aromatic rings. The number of nitrogens with one attached hydrogen (secondary N) is 1. The first-order valence-corrected chi connectivity index (χ1v) is 8.56. The number of carbonyl (C=O) groups is 1. The van der Waals surface area contributed by atoms with Crippen LogP contribution >= 0.6 is 0 Å². The Morgan fingerprint density at radius 3 is 2.26 bits per heavy atom. The Balaban J connectivity index is 0.000000568. The number of aromatic amines is 1. The molecule has 3 N–H and O–H groups in total. The van der Waals surface area contributed by atoms with E-state index in [9.17, 15) is 9.59 Å². The van der Waals surface area contributed by atoms with Gasteiger partial charge < -0.3 is 5.73 Å². The average molecular weight is 324 g/mol. The highest BCUT2D eigenvalue weighted by atomic mass is 16.1. The molecule has 1 atom stereocenters. The highest BCUT2D eigenvalue weighted by Crippen LogP contribution is 2.37. The summed E-state index contributed by atoms with van der Waals surface area (Å²) in [5, 5.41) is 8.65. The lowest BCUT2D eigenvalue weighted by molar-refractivity contribution is -0.126. The van der Waals surface area contributed by atoms with Crippen molar-refractivity contribution in [3.8, 4) is 0 Å². The van der Waals surface area contributed by atoms with E-state index in [0.29, 0.717) is 0 Å². The Morgan fingerprint density at radius 2 is 1.91 bits per heavy atom. The first-order valence-electron chi connectivity index (χ1n) is 8.56. The van der Waals surface area contributed by atoms with E-state index in [1.807, 2.05) is 0 Å². The minimum Gasteiger partial charge on any atom is -0.369 e. The maximum absolute atomic E-state index is 11.5. The maximum atomic E-state index is 11.5. The van der Waals surface area contributed by atoms with Crippen LogP contribution in [0.3, 0.4) is 0 Å². The number of nitrogens with two attached hydrogens (primary N) is 1. The molecule has 0 saturated heterocycles. The zero-order chi connectivity index (χ0) is 17.7. The Morgan fingerprint density at radius 1 is 1.26 bits per heavy atom. The first-order chi connectivity index (χ1) is 10.9. The molecule has 1 rings (SSSR count). The summed E-state index contributed by atoms with van der Waals surface area (Å²) in [5.41, 5.74) is 5.42. The SMILES string of the molecule is CCCCCCC(C(N)=O)C(C)(CC)CC.O=c1ccnn[nH]1. The van der Waals surface area contributed by atoms with E-state index >= 15 is 0 Å². The van der Waals surface area contributed by atoms with Crippen molar-refractivity contribution >= 4 is 5.91 Å². The van der Waals surface area contributed by atoms with Gasteiger partial charge in [0.15, 0.2) is 0 Å². The van der Waals surface area contributed by atoms with Crippen LogP contribution in [0.25, 0.3) is 0 Å². The van der Waals surface area contributed by atoms with Gasteiger partial charge in [0.1, 0.15) is 0 Å². The number of H-pyrrole nitrogens is 1. The normalized spacial score (nSPS) is 12.2. The molecule has 0 spiro atoms. The van der Waals surface area contributed by atoms with Gasteiger partial charge in [0, 0.05) is 12.0 Å². The van der Waals surface area contributed by atoms with Crippen molar-refractivity contribution in [1.29, 1.82) is 0 Å². The molecule has 1 aromatic heterocycles. The van der Waals surface area contributed by atoms with E-state index in [-0.39, 0.29) is 22.8 Å². The Bertz CT molecular complexity index is 466. The molecule has 0 aliphatic carbocycles. The fraction of sp³-hybridized carbons (Fsp3) is 0.765. The minimum absolute atomic E-state index is 0.0550. The van der Waals surface area contributed by atoms with Crippen molar-refractivity contribution in [2.45, 2.75) is 72.6 Å². The van der Waals surface area contributed by atoms with Gasteiger partial charge in [0.05, 0.1) is 6.20 Å². The molecule has 23 heavy (non-hydrogen) atoms. The first kappa shape index (κ1) is 21.3. The quantitative estimate of drug-likeness (QED) is 0.681. The summed E-state index contributed by atoms with van der Waals surface area (Å²) in [6.07, 6.45) is 9.23. The van der Waals surface area contributed by atoms with Crippen molar-refractivity contribution in [2.24, 2.45) is 17.1 Å². The fourth-order valence-corrected chi connectivity index (χ4v) is 2.60. The van der Waals surface area contributed by atoms with Crippen LogP contribution in [0, 0.1) is 11.3 Å². The van der Waals surface area contributed by atoms with E-state index in [1.165, 1.54) is 31.5 Å². The lowest BCUT2D eigenvalue weighted by Crippen LogP contribution is -2.37. The molecular weight excluding hydrogens is 292 g/mol. The zero-order valence-corrected chi connectivity index (χ0v) is 15.0. The average Bonchev–Trinajstić information content (AvgIpc) is 2.55. The van der Waals surface area contributed by atoms with Gasteiger partial charge in [0.2, 0.25) is 5.91 Å². The molecule has 6 nitrogen and oxygen atoms in total. The molecule has 0 aromatic carbocycles. The van der Waals surface area contributed by atoms with Crippen molar-refractivity contribution in [2.75, 3.05) is 0 Å². The molecule has 0 aliphatic heterocycles. The molecule has 0 saturated carbocycles. The number of carbonyl (C=O) groups excluding carboxylic acids is 1. The van der Waals surface area contributed by atoms with Gasteiger partial charge in [-0.15, -0.1) is 5.10 Å². The Labute approximate surface area is 139 Å². The summed E-state index contributed by atoms with van der Waals surface area (Å²) in [7, 11) is 0. The van der Waals surface area contributed by atoms with Crippen LogP contribution in [0.4, 0.5) is 0 Å². The topological polar surface area (TPSA) is 102 Å². The third-order valence-electron chi connectivity index (χ3n) is 4.66. The predicted molar refractivity (Wildman–Crippen MR) is 92.8 cm³/mol. The number of hydrogen-bond donors (Lipinski definition) is 2. The zero-order valence-electron chi connectivity index (χ0n) is 15.0. The van der Waals surface area contributed by atoms with Gasteiger partial charge >= 0.3 is 0 Å². The Kier molecular flexibility index (Phi) is 10.9. The van der Waals surface area contributed by atoms with Crippen LogP contribution in [0.1, 0.15) is 72.6 Å². The summed E-state index contributed by atoms with van der Waals surface area (Å²) >= 11 is 0. The maximum Gasteiger partial charge on any atom is 0.267 e. The van der Waals surface area contributed by atoms with Gasteiger partial charge in [-0.05, 0) is 24.7 Å². The third kappa shape index (κ3) is 8.47. The number of aromatic nitrogens is 3. The summed E-state index contributed by atoms with van der Waals surface area (Å²) < 4.78 is 0. The van der Waals surface area contributed by atoms with E-state index in [0.717, 1.165) is 25.7 Å². The smallest absolute Gasteiger partial charge is 0.267 e. The van der Waals surface area contributed by atoms with Crippen LogP contribution in [0.2, 0.25) is 0 Å². The third-order valence-corrected chi connectivity index (χ3v) is 4.66. The van der Waals surface area contributed by atoms with E-state index in [2.05, 4.69) is 43.1 Å². The lowest BCUT2D eigenvalue weighted by Gasteiger charge is -2.34. The second-order valence-electron chi connectivity index (χ2n) is 6.17. The van der Waals surface area contributed by atoms with Crippen LogP contribution in [-0.4, -0.2) is 21.3 Å². The molecule has 132 valence electrons. The second kappa shape index (κ2) is 11.8. The second-order valence-corrected chi connectivity index (χ2v) is 6.17. The number of unbranched alkanes of at least 4 members (excludes halogenated alkanes) is 3. The van der Waals surface area contributed by atoms with Crippen molar-refractivity contribution in [1.82, 2.24) is 15.4 Å². The lowest BCUT2D eigenvalue weighted by atomic mass is 9.70. The summed E-state index contributed by atoms with van der Waals surface area (Å²) in [5.74, 6) is -0.0537. The molecule has 0 fully saturated rings. The van der Waals surface area contributed by atoms with Gasteiger partial charge in [0.25, 0.3) is 5.56 Å². The van der Waals surface area contributed by atoms with E-state index in [1.54, 1.807) is 0 Å². The molecule has 1 amide bonds. The van der Waals surface area contributed by atoms with Gasteiger partial charge in [-0.3, -0.25) is 9.59 Å². The molecule has 1 heterocycles. The summed E-state index contributed by atoms with van der Waals surface area (Å²) in [6, 6.07) is 1.30. The van der Waals surface area contributed by atoms with Crippen molar-refractivity contribution < 1.29 is 4.79 Å². The number of amides is 1. The minimum atomic E-state index is -0.227. The molecular formula is C17H32N4O2. The Hall–Kier alpha value is -1.72. The van der Waals surface area contributed by atoms with Crippen molar-refractivity contribution in [3.05, 3.63) is 22.6 Å². The van der Waals surface area contributed by atoms with Crippen LogP contribution in [0.5, 0.6) is 0 Å². The number of hydrogen-bond acceptors (Lipinski definition) is 4. The number of primary amides is 1. The predicted octanol–water partition coefficient (Wildman–Crippen LogP) is 3.05. The summed E-state index contributed by atoms with van der Waals surface area (Å²) in [6.45, 7) is 8.72. The van der Waals surface area contributed by atoms with Crippen LogP contribution in [-0.2, 0) is 4.79 Å². The molecule has 1 unspecified atom stereocenters. The van der Waals surface area contributed by atoms with Crippen LogP contribution < -0.4 is 11.3 Å². The van der Waals surface area contributed by atoms with Gasteiger partial charge in [-0.25, -0.2) is 5.10 Å². The highest BCUT2D eigenvalue weighted by Gasteiger charge is 2.34. The largest absolute Gasteiger partial charge is 0.369 e. The summed E-state index contributed by atoms with van der Waals surface area (Å²) in [4.78, 5) is 21.7. The van der Waals surface area contributed by atoms with Crippen LogP contribution in [0.15, 0.2) is 17.1 Å². The molecule has 0 aliphatic rings. The fourth-order valence-electron chi connectivity index (χ4n) is 2.60. The monoisotopic (exact) mass is 324 g/mol. The van der Waals surface area contributed by atoms with E-state index in [4.69, 9.17) is 5.73 Å². The van der Waals surface area contributed by atoms with E-state index < -0.39 is 0 Å². The molecule has 6 heteroatoms.